The standard InChI is InChI=1S/C24H28F5N5O3S/c1-3-16(24(27,28)29)32-17-9-12(20(25)26)13(10-30-17)19-18(23(37)34-8-4-5-11(34)2)33-22(38-19)21(36)31-14-6-7-15(14)35/h9-11,14-16,20,35H,3-8H2,1-2H3,(H,30,32)(H,31,36)/t11-,14+,15+,16?/m0/s1. The normalized spacial score (nSPS) is 22.3. The number of anilines is 1. The Morgan fingerprint density at radius 3 is 2.53 bits per heavy atom. The number of nitrogens with zero attached hydrogens (tertiary/aromatic N) is 3. The van der Waals surface area contributed by atoms with Crippen molar-refractivity contribution >= 4 is 29.0 Å². The van der Waals surface area contributed by atoms with Crippen LogP contribution in [0.25, 0.3) is 10.4 Å². The van der Waals surface area contributed by atoms with Gasteiger partial charge in [-0.15, -0.1) is 11.3 Å². The average molecular weight is 562 g/mol. The van der Waals surface area contributed by atoms with Crippen LogP contribution in [0.15, 0.2) is 12.3 Å². The lowest BCUT2D eigenvalue weighted by atomic mass is 9.89. The van der Waals surface area contributed by atoms with E-state index in [2.05, 4.69) is 20.6 Å². The summed E-state index contributed by atoms with van der Waals surface area (Å²) in [7, 11) is 0. The molecule has 0 aromatic carbocycles. The van der Waals surface area contributed by atoms with E-state index in [4.69, 9.17) is 0 Å². The second-order valence-corrected chi connectivity index (χ2v) is 10.5. The molecule has 0 bridgehead atoms. The monoisotopic (exact) mass is 561 g/mol. The predicted molar refractivity (Wildman–Crippen MR) is 130 cm³/mol. The molecule has 0 spiro atoms. The number of aliphatic hydroxyl groups excluding tert-OH is 1. The first-order chi connectivity index (χ1) is 17.9. The van der Waals surface area contributed by atoms with Gasteiger partial charge < -0.3 is 20.6 Å². The van der Waals surface area contributed by atoms with E-state index >= 15 is 0 Å². The van der Waals surface area contributed by atoms with Gasteiger partial charge in [-0.1, -0.05) is 6.92 Å². The van der Waals surface area contributed by atoms with E-state index in [1.54, 1.807) is 4.90 Å². The van der Waals surface area contributed by atoms with Gasteiger partial charge in [0.25, 0.3) is 18.2 Å². The minimum absolute atomic E-state index is 0.0226. The highest BCUT2D eigenvalue weighted by Gasteiger charge is 2.39. The number of halogens is 5. The lowest BCUT2D eigenvalue weighted by Gasteiger charge is -2.32. The van der Waals surface area contributed by atoms with Crippen LogP contribution in [0.3, 0.4) is 0 Å². The molecule has 0 radical (unpaired) electrons. The smallest absolute Gasteiger partial charge is 0.391 e. The summed E-state index contributed by atoms with van der Waals surface area (Å²) in [6, 6.07) is -1.75. The van der Waals surface area contributed by atoms with Crippen molar-refractivity contribution in [1.29, 1.82) is 0 Å². The van der Waals surface area contributed by atoms with Crippen LogP contribution < -0.4 is 10.6 Å². The summed E-state index contributed by atoms with van der Waals surface area (Å²) < 4.78 is 68.0. The summed E-state index contributed by atoms with van der Waals surface area (Å²) in [5.74, 6) is -1.58. The van der Waals surface area contributed by atoms with Crippen LogP contribution in [0.5, 0.6) is 0 Å². The number of carbonyl (C=O) groups is 2. The van der Waals surface area contributed by atoms with Gasteiger partial charge in [0, 0.05) is 29.9 Å². The maximum Gasteiger partial charge on any atom is 0.408 e. The van der Waals surface area contributed by atoms with Gasteiger partial charge in [0.05, 0.1) is 17.0 Å². The van der Waals surface area contributed by atoms with Gasteiger partial charge in [0.15, 0.2) is 5.01 Å². The molecule has 4 atom stereocenters. The minimum atomic E-state index is -4.61. The second kappa shape index (κ2) is 11.1. The second-order valence-electron chi connectivity index (χ2n) is 9.52. The fourth-order valence-corrected chi connectivity index (χ4v) is 5.50. The van der Waals surface area contributed by atoms with Crippen molar-refractivity contribution < 1.29 is 36.6 Å². The van der Waals surface area contributed by atoms with Crippen molar-refractivity contribution in [1.82, 2.24) is 20.2 Å². The third kappa shape index (κ3) is 5.75. The molecule has 1 unspecified atom stereocenters. The van der Waals surface area contributed by atoms with Gasteiger partial charge in [0.1, 0.15) is 17.6 Å². The predicted octanol–water partition coefficient (Wildman–Crippen LogP) is 4.77. The first kappa shape index (κ1) is 28.1. The van der Waals surface area contributed by atoms with Gasteiger partial charge >= 0.3 is 6.18 Å². The molecule has 38 heavy (non-hydrogen) atoms. The molecule has 8 nitrogen and oxygen atoms in total. The lowest BCUT2D eigenvalue weighted by Crippen LogP contribution is -2.50. The first-order valence-corrected chi connectivity index (χ1v) is 13.1. The van der Waals surface area contributed by atoms with E-state index in [9.17, 15) is 36.6 Å². The lowest BCUT2D eigenvalue weighted by molar-refractivity contribution is -0.142. The van der Waals surface area contributed by atoms with Crippen LogP contribution in [0, 0.1) is 0 Å². The Labute approximate surface area is 219 Å². The Hall–Kier alpha value is -2.87. The third-order valence-corrected chi connectivity index (χ3v) is 8.02. The highest BCUT2D eigenvalue weighted by atomic mass is 32.1. The zero-order valence-electron chi connectivity index (χ0n) is 20.7. The van der Waals surface area contributed by atoms with Gasteiger partial charge in [-0.25, -0.2) is 18.7 Å². The average Bonchev–Trinajstić information content (AvgIpc) is 3.50. The molecule has 2 amide bonds. The SMILES string of the molecule is CCC(Nc1cc(C(F)F)c(-c2sc(C(=O)N[C@@H]3CC[C@H]3O)nc2C(=O)N2CCC[C@@H]2C)cn1)C(F)(F)F. The molecular formula is C24H28F5N5O3S. The molecule has 2 aromatic rings. The van der Waals surface area contributed by atoms with Crippen LogP contribution in [0.4, 0.5) is 27.8 Å². The zero-order valence-corrected chi connectivity index (χ0v) is 21.5. The van der Waals surface area contributed by atoms with Crippen molar-refractivity contribution in [3.05, 3.63) is 28.5 Å². The molecular weight excluding hydrogens is 533 g/mol. The summed E-state index contributed by atoms with van der Waals surface area (Å²) in [5, 5.41) is 14.4. The number of hydrogen-bond donors (Lipinski definition) is 3. The number of pyridine rings is 1. The largest absolute Gasteiger partial charge is 0.408 e. The Kier molecular flexibility index (Phi) is 8.21. The molecule has 1 saturated heterocycles. The molecule has 3 N–H and O–H groups in total. The molecule has 1 saturated carbocycles. The Balaban J connectivity index is 1.74. The quantitative estimate of drug-likeness (QED) is 0.401. The summed E-state index contributed by atoms with van der Waals surface area (Å²) in [4.78, 5) is 35.9. The van der Waals surface area contributed by atoms with E-state index in [1.807, 2.05) is 6.92 Å². The molecule has 208 valence electrons. The van der Waals surface area contributed by atoms with Crippen LogP contribution in [0.1, 0.15) is 78.2 Å². The summed E-state index contributed by atoms with van der Waals surface area (Å²) >= 11 is 0.721. The third-order valence-electron chi connectivity index (χ3n) is 6.93. The molecule has 2 aromatic heterocycles. The topological polar surface area (TPSA) is 107 Å². The van der Waals surface area contributed by atoms with Crippen LogP contribution in [-0.2, 0) is 0 Å². The van der Waals surface area contributed by atoms with Gasteiger partial charge in [0.2, 0.25) is 0 Å². The summed E-state index contributed by atoms with van der Waals surface area (Å²) in [6.07, 6.45) is -5.20. The number of hydrogen-bond acceptors (Lipinski definition) is 7. The van der Waals surface area contributed by atoms with Crippen molar-refractivity contribution in [3.8, 4) is 10.4 Å². The number of thiazole rings is 1. The number of alkyl halides is 5. The Morgan fingerprint density at radius 2 is 2.00 bits per heavy atom. The molecule has 2 fully saturated rings. The van der Waals surface area contributed by atoms with Crippen molar-refractivity contribution in [2.75, 3.05) is 11.9 Å². The fraction of sp³-hybridized carbons (Fsp3) is 0.583. The Bertz CT molecular complexity index is 1190. The Morgan fingerprint density at radius 1 is 1.26 bits per heavy atom. The molecule has 2 aliphatic rings. The first-order valence-electron chi connectivity index (χ1n) is 12.3. The van der Waals surface area contributed by atoms with E-state index in [0.29, 0.717) is 19.4 Å². The number of aliphatic hydroxyl groups is 1. The van der Waals surface area contributed by atoms with E-state index in [-0.39, 0.29) is 33.6 Å². The van der Waals surface area contributed by atoms with Gasteiger partial charge in [-0.2, -0.15) is 13.2 Å². The molecule has 3 heterocycles. The highest BCUT2D eigenvalue weighted by Crippen LogP contribution is 2.39. The number of nitrogens with one attached hydrogen (secondary N) is 2. The molecule has 1 aliphatic carbocycles. The van der Waals surface area contributed by atoms with E-state index in [0.717, 1.165) is 36.4 Å². The van der Waals surface area contributed by atoms with Gasteiger partial charge in [-0.3, -0.25) is 9.59 Å². The van der Waals surface area contributed by atoms with Crippen molar-refractivity contribution in [3.63, 3.8) is 0 Å². The maximum absolute atomic E-state index is 14.2. The van der Waals surface area contributed by atoms with Crippen molar-refractivity contribution in [2.45, 2.75) is 82.8 Å². The molecule has 1 aliphatic heterocycles. The highest BCUT2D eigenvalue weighted by molar-refractivity contribution is 7.17. The van der Waals surface area contributed by atoms with Gasteiger partial charge in [-0.05, 0) is 45.1 Å². The van der Waals surface area contributed by atoms with Crippen LogP contribution in [-0.4, -0.2) is 68.7 Å². The van der Waals surface area contributed by atoms with E-state index < -0.39 is 54.0 Å². The number of rotatable bonds is 8. The molecule has 4 rings (SSSR count). The van der Waals surface area contributed by atoms with Crippen LogP contribution >= 0.6 is 11.3 Å². The fourth-order valence-electron chi connectivity index (χ4n) is 4.51. The van der Waals surface area contributed by atoms with Crippen LogP contribution in [0.2, 0.25) is 0 Å². The van der Waals surface area contributed by atoms with E-state index in [1.165, 1.54) is 6.92 Å². The minimum Gasteiger partial charge on any atom is -0.391 e. The number of carbonyl (C=O) groups excluding carboxylic acids is 2. The number of amides is 2. The maximum atomic E-state index is 14.2. The van der Waals surface area contributed by atoms with Crippen molar-refractivity contribution in [2.24, 2.45) is 0 Å². The number of likely N-dealkylation sites (tertiary alicyclic amines) is 1. The molecule has 14 heteroatoms. The number of aromatic nitrogens is 2. The summed E-state index contributed by atoms with van der Waals surface area (Å²) in [6.45, 7) is 3.59. The zero-order chi connectivity index (χ0) is 27.8. The summed E-state index contributed by atoms with van der Waals surface area (Å²) in [5.41, 5.74) is -1.04.